The molecule has 4 saturated carbocycles. The fraction of sp³-hybridized carbons (Fsp3) is 1.00. The molecule has 0 aliphatic heterocycles. The highest BCUT2D eigenvalue weighted by Crippen LogP contribution is 2.55. The molecular weight excluding hydrogens is 153 g/mol. The summed E-state index contributed by atoms with van der Waals surface area (Å²) in [6, 6.07) is 0. The minimum atomic E-state index is -0.0747. The summed E-state index contributed by atoms with van der Waals surface area (Å²) < 4.78 is 12.7. The van der Waals surface area contributed by atoms with E-state index in [9.17, 15) is 4.48 Å². The molecule has 2 heteroatoms. The lowest BCUT2D eigenvalue weighted by molar-refractivity contribution is -0.0497. The molecular formula is C10H16FN. The third-order valence-electron chi connectivity index (χ3n) is 4.24. The topological polar surface area (TPSA) is 12.0 Å². The Balaban J connectivity index is 1.90. The Kier molecular flexibility index (Phi) is 1.35. The minimum absolute atomic E-state index is 0.0747. The molecule has 4 rings (SSSR count). The predicted octanol–water partition coefficient (Wildman–Crippen LogP) is 2.43. The lowest BCUT2D eigenvalue weighted by Gasteiger charge is -2.55. The second-order valence-electron chi connectivity index (χ2n) is 5.29. The molecule has 0 spiro atoms. The Labute approximate surface area is 72.7 Å². The molecule has 1 nitrogen and oxygen atoms in total. The number of nitrogens with one attached hydrogen (secondary N) is 1. The van der Waals surface area contributed by atoms with E-state index in [0.29, 0.717) is 0 Å². The predicted molar refractivity (Wildman–Crippen MR) is 45.1 cm³/mol. The van der Waals surface area contributed by atoms with Gasteiger partial charge in [0, 0.05) is 5.54 Å². The van der Waals surface area contributed by atoms with E-state index in [4.69, 9.17) is 0 Å². The lowest BCUT2D eigenvalue weighted by Crippen LogP contribution is -2.56. The molecule has 68 valence electrons. The molecule has 12 heavy (non-hydrogen) atoms. The zero-order chi connectivity index (χ0) is 8.18. The van der Waals surface area contributed by atoms with Crippen LogP contribution in [0.15, 0.2) is 0 Å². The Morgan fingerprint density at radius 3 is 1.67 bits per heavy atom. The van der Waals surface area contributed by atoms with Crippen molar-refractivity contribution < 1.29 is 4.48 Å². The molecule has 0 unspecified atom stereocenters. The lowest BCUT2D eigenvalue weighted by atomic mass is 9.53. The van der Waals surface area contributed by atoms with Gasteiger partial charge in [-0.05, 0) is 56.3 Å². The van der Waals surface area contributed by atoms with E-state index in [1.165, 1.54) is 19.3 Å². The van der Waals surface area contributed by atoms with Gasteiger partial charge in [0.1, 0.15) is 0 Å². The van der Waals surface area contributed by atoms with Gasteiger partial charge in [-0.1, -0.05) is 0 Å². The first-order chi connectivity index (χ1) is 5.80. The van der Waals surface area contributed by atoms with Gasteiger partial charge >= 0.3 is 0 Å². The van der Waals surface area contributed by atoms with Crippen LogP contribution >= 0.6 is 0 Å². The molecule has 0 aromatic heterocycles. The Morgan fingerprint density at radius 1 is 0.917 bits per heavy atom. The van der Waals surface area contributed by atoms with Crippen molar-refractivity contribution in [2.45, 2.75) is 44.1 Å². The summed E-state index contributed by atoms with van der Waals surface area (Å²) in [7, 11) is 0. The van der Waals surface area contributed by atoms with Crippen LogP contribution in [0.1, 0.15) is 38.5 Å². The number of hydrogen-bond donors (Lipinski definition) is 1. The summed E-state index contributed by atoms with van der Waals surface area (Å²) in [6.07, 6.45) is 7.49. The van der Waals surface area contributed by atoms with E-state index < -0.39 is 0 Å². The van der Waals surface area contributed by atoms with Crippen molar-refractivity contribution in [2.24, 2.45) is 17.8 Å². The van der Waals surface area contributed by atoms with E-state index >= 15 is 0 Å². The molecule has 0 aromatic rings. The van der Waals surface area contributed by atoms with Crippen molar-refractivity contribution >= 4 is 0 Å². The standard InChI is InChI=1S/C10H16FN/c11-12-10-4-7-1-8(5-10)3-9(2-7)6-10/h7-9,12H,1-6H2. The quantitative estimate of drug-likeness (QED) is 0.594. The van der Waals surface area contributed by atoms with Gasteiger partial charge in [0.15, 0.2) is 0 Å². The fourth-order valence-electron chi connectivity index (χ4n) is 4.23. The highest BCUT2D eigenvalue weighted by molar-refractivity contribution is 5.04. The van der Waals surface area contributed by atoms with Crippen molar-refractivity contribution in [2.75, 3.05) is 0 Å². The van der Waals surface area contributed by atoms with E-state index in [0.717, 1.165) is 37.0 Å². The molecule has 0 saturated heterocycles. The molecule has 0 amide bonds. The molecule has 4 bridgehead atoms. The number of rotatable bonds is 1. The summed E-state index contributed by atoms with van der Waals surface area (Å²) in [5, 5.41) is 0. The maximum Gasteiger partial charge on any atom is 0.0490 e. The van der Waals surface area contributed by atoms with Crippen molar-refractivity contribution in [3.05, 3.63) is 0 Å². The van der Waals surface area contributed by atoms with Gasteiger partial charge in [-0.15, -0.1) is 4.48 Å². The van der Waals surface area contributed by atoms with E-state index in [1.54, 1.807) is 0 Å². The Hall–Kier alpha value is -0.110. The molecule has 0 radical (unpaired) electrons. The fourth-order valence-corrected chi connectivity index (χ4v) is 4.23. The monoisotopic (exact) mass is 169 g/mol. The number of hydrogen-bond acceptors (Lipinski definition) is 1. The second kappa shape index (κ2) is 2.22. The summed E-state index contributed by atoms with van der Waals surface area (Å²) >= 11 is 0. The van der Waals surface area contributed by atoms with Crippen LogP contribution in [0.3, 0.4) is 0 Å². The molecule has 4 fully saturated rings. The third kappa shape index (κ3) is 0.875. The maximum atomic E-state index is 12.7. The van der Waals surface area contributed by atoms with Crippen molar-refractivity contribution in [3.8, 4) is 0 Å². The average Bonchev–Trinajstić information content (AvgIpc) is 2.02. The van der Waals surface area contributed by atoms with Gasteiger partial charge in [0.25, 0.3) is 0 Å². The van der Waals surface area contributed by atoms with E-state index in [2.05, 4.69) is 5.54 Å². The molecule has 4 aliphatic carbocycles. The number of halogens is 1. The van der Waals surface area contributed by atoms with Gasteiger partial charge in [0.05, 0.1) is 0 Å². The minimum Gasteiger partial charge on any atom is -0.153 e. The third-order valence-corrected chi connectivity index (χ3v) is 4.24. The van der Waals surface area contributed by atoms with Crippen LogP contribution in [0, 0.1) is 17.8 Å². The summed E-state index contributed by atoms with van der Waals surface area (Å²) in [4.78, 5) is 0. The Morgan fingerprint density at radius 2 is 1.33 bits per heavy atom. The first-order valence-corrected chi connectivity index (χ1v) is 5.17. The highest BCUT2D eigenvalue weighted by Gasteiger charge is 2.51. The van der Waals surface area contributed by atoms with Crippen LogP contribution in [0.25, 0.3) is 0 Å². The molecule has 0 aromatic carbocycles. The van der Waals surface area contributed by atoms with E-state index in [-0.39, 0.29) is 5.54 Å². The van der Waals surface area contributed by atoms with Gasteiger partial charge in [-0.3, -0.25) is 0 Å². The van der Waals surface area contributed by atoms with Crippen molar-refractivity contribution in [3.63, 3.8) is 0 Å². The van der Waals surface area contributed by atoms with Gasteiger partial charge < -0.3 is 0 Å². The highest BCUT2D eigenvalue weighted by atomic mass is 19.2. The van der Waals surface area contributed by atoms with Gasteiger partial charge in [0.2, 0.25) is 0 Å². The summed E-state index contributed by atoms with van der Waals surface area (Å²) in [6.45, 7) is 0. The summed E-state index contributed by atoms with van der Waals surface area (Å²) in [5.41, 5.74) is 2.03. The van der Waals surface area contributed by atoms with Crippen LogP contribution in [-0.4, -0.2) is 5.54 Å². The smallest absolute Gasteiger partial charge is 0.0490 e. The van der Waals surface area contributed by atoms with Crippen LogP contribution in [0.2, 0.25) is 0 Å². The molecule has 0 heterocycles. The molecule has 0 atom stereocenters. The molecule has 1 N–H and O–H groups in total. The van der Waals surface area contributed by atoms with E-state index in [1.807, 2.05) is 0 Å². The first-order valence-electron chi connectivity index (χ1n) is 5.17. The van der Waals surface area contributed by atoms with Crippen LogP contribution in [0.4, 0.5) is 4.48 Å². The normalized spacial score (nSPS) is 56.2. The average molecular weight is 169 g/mol. The Bertz CT molecular complexity index is 167. The van der Waals surface area contributed by atoms with Crippen LogP contribution in [-0.2, 0) is 0 Å². The molecule has 4 aliphatic rings. The van der Waals surface area contributed by atoms with Crippen LogP contribution in [0.5, 0.6) is 0 Å². The largest absolute Gasteiger partial charge is 0.153 e. The zero-order valence-corrected chi connectivity index (χ0v) is 7.35. The summed E-state index contributed by atoms with van der Waals surface area (Å²) in [5.74, 6) is 2.54. The first kappa shape index (κ1) is 7.31. The zero-order valence-electron chi connectivity index (χ0n) is 7.35. The van der Waals surface area contributed by atoms with Crippen LogP contribution < -0.4 is 5.54 Å². The van der Waals surface area contributed by atoms with Gasteiger partial charge in [-0.2, -0.15) is 5.54 Å². The SMILES string of the molecule is FNC12CC3CC(CC(C3)C1)C2. The van der Waals surface area contributed by atoms with Gasteiger partial charge in [-0.25, -0.2) is 0 Å². The van der Waals surface area contributed by atoms with Crippen molar-refractivity contribution in [1.82, 2.24) is 5.54 Å². The van der Waals surface area contributed by atoms with Crippen molar-refractivity contribution in [1.29, 1.82) is 0 Å². The second-order valence-corrected chi connectivity index (χ2v) is 5.29. The maximum absolute atomic E-state index is 12.7.